The zero-order valence-corrected chi connectivity index (χ0v) is 11.7. The van der Waals surface area contributed by atoms with Gasteiger partial charge >= 0.3 is 0 Å². The number of carbonyl (C=O) groups excluding carboxylic acids is 1. The molecule has 0 radical (unpaired) electrons. The molecule has 4 nitrogen and oxygen atoms in total. The fraction of sp³-hybridized carbons (Fsp3) is 0.118. The second kappa shape index (κ2) is 7.75. The molecule has 0 unspecified atom stereocenters. The Balaban J connectivity index is 1.79. The van der Waals surface area contributed by atoms with Crippen molar-refractivity contribution in [3.05, 3.63) is 67.3 Å². The van der Waals surface area contributed by atoms with Crippen molar-refractivity contribution >= 4 is 17.3 Å². The Bertz CT molecular complexity index is 579. The number of nitrogens with one attached hydrogen (secondary N) is 2. The molecule has 0 aliphatic rings. The van der Waals surface area contributed by atoms with Crippen LogP contribution in [0.1, 0.15) is 0 Å². The Kier molecular flexibility index (Phi) is 5.41. The molecule has 0 saturated carbocycles. The molecule has 2 rings (SSSR count). The third-order valence-corrected chi connectivity index (χ3v) is 2.73. The minimum absolute atomic E-state index is 0.0896. The molecule has 0 heterocycles. The fourth-order valence-corrected chi connectivity index (χ4v) is 1.73. The molecule has 1 amide bonds. The average molecular weight is 282 g/mol. The van der Waals surface area contributed by atoms with E-state index in [0.717, 1.165) is 17.1 Å². The highest BCUT2D eigenvalue weighted by Gasteiger charge is 2.02. The molecule has 0 aliphatic heterocycles. The molecular formula is C17H18N2O2. The van der Waals surface area contributed by atoms with E-state index in [1.165, 1.54) is 0 Å². The van der Waals surface area contributed by atoms with Gasteiger partial charge < -0.3 is 15.4 Å². The zero-order valence-electron chi connectivity index (χ0n) is 11.7. The van der Waals surface area contributed by atoms with Gasteiger partial charge in [-0.1, -0.05) is 30.9 Å². The lowest BCUT2D eigenvalue weighted by atomic mass is 10.3. The number of hydrogen-bond acceptors (Lipinski definition) is 3. The summed E-state index contributed by atoms with van der Waals surface area (Å²) in [6.45, 7) is 4.28. The van der Waals surface area contributed by atoms with E-state index in [1.54, 1.807) is 6.08 Å². The van der Waals surface area contributed by atoms with Crippen molar-refractivity contribution in [3.8, 4) is 5.75 Å². The van der Waals surface area contributed by atoms with Crippen molar-refractivity contribution in [2.45, 2.75) is 0 Å². The molecule has 0 aliphatic carbocycles. The summed E-state index contributed by atoms with van der Waals surface area (Å²) in [5.41, 5.74) is 1.65. The van der Waals surface area contributed by atoms with Gasteiger partial charge in [-0.2, -0.15) is 0 Å². The number of amides is 1. The van der Waals surface area contributed by atoms with Gasteiger partial charge in [-0.25, -0.2) is 0 Å². The topological polar surface area (TPSA) is 50.4 Å². The molecule has 2 aromatic rings. The van der Waals surface area contributed by atoms with E-state index in [0.29, 0.717) is 6.61 Å². The van der Waals surface area contributed by atoms with Crippen molar-refractivity contribution in [1.29, 1.82) is 0 Å². The number of rotatable bonds is 7. The SMILES string of the molecule is C=CCOc1ccc(NCC(=O)Nc2ccccc2)cc1. The Morgan fingerprint density at radius 1 is 1.05 bits per heavy atom. The van der Waals surface area contributed by atoms with Crippen molar-refractivity contribution in [3.63, 3.8) is 0 Å². The summed E-state index contributed by atoms with van der Waals surface area (Å²) in [5, 5.41) is 5.87. The first-order valence-electron chi connectivity index (χ1n) is 6.70. The maximum Gasteiger partial charge on any atom is 0.243 e. The quantitative estimate of drug-likeness (QED) is 0.766. The van der Waals surface area contributed by atoms with Crippen molar-refractivity contribution in [1.82, 2.24) is 0 Å². The molecule has 0 bridgehead atoms. The largest absolute Gasteiger partial charge is 0.490 e. The molecular weight excluding hydrogens is 264 g/mol. The van der Waals surface area contributed by atoms with E-state index < -0.39 is 0 Å². The number of anilines is 2. The van der Waals surface area contributed by atoms with Crippen molar-refractivity contribution in [2.24, 2.45) is 0 Å². The molecule has 4 heteroatoms. The van der Waals surface area contributed by atoms with Gasteiger partial charge in [0.1, 0.15) is 12.4 Å². The lowest BCUT2D eigenvalue weighted by Gasteiger charge is -2.09. The molecule has 0 saturated heterocycles. The van der Waals surface area contributed by atoms with Gasteiger partial charge in [-0.3, -0.25) is 4.79 Å². The maximum atomic E-state index is 11.8. The Labute approximate surface area is 124 Å². The van der Waals surface area contributed by atoms with E-state index in [2.05, 4.69) is 17.2 Å². The van der Waals surface area contributed by atoms with Crippen LogP contribution in [-0.4, -0.2) is 19.1 Å². The second-order valence-corrected chi connectivity index (χ2v) is 4.39. The fourth-order valence-electron chi connectivity index (χ4n) is 1.73. The van der Waals surface area contributed by atoms with Crippen molar-refractivity contribution in [2.75, 3.05) is 23.8 Å². The molecule has 21 heavy (non-hydrogen) atoms. The molecule has 0 spiro atoms. The van der Waals surface area contributed by atoms with E-state index in [4.69, 9.17) is 4.74 Å². The summed E-state index contributed by atoms with van der Waals surface area (Å²) in [6.07, 6.45) is 1.69. The summed E-state index contributed by atoms with van der Waals surface area (Å²) in [4.78, 5) is 11.8. The standard InChI is InChI=1S/C17H18N2O2/c1-2-12-21-16-10-8-14(9-11-16)18-13-17(20)19-15-6-4-3-5-7-15/h2-11,18H,1,12-13H2,(H,19,20). The lowest BCUT2D eigenvalue weighted by molar-refractivity contribution is -0.114. The monoisotopic (exact) mass is 282 g/mol. The van der Waals surface area contributed by atoms with E-state index in [1.807, 2.05) is 54.6 Å². The molecule has 0 atom stereocenters. The molecule has 2 aromatic carbocycles. The van der Waals surface area contributed by atoms with E-state index >= 15 is 0 Å². The molecule has 108 valence electrons. The minimum atomic E-state index is -0.0896. The van der Waals surface area contributed by atoms with Crippen LogP contribution in [0.25, 0.3) is 0 Å². The van der Waals surface area contributed by atoms with Crippen molar-refractivity contribution < 1.29 is 9.53 Å². The summed E-state index contributed by atoms with van der Waals surface area (Å²) in [6, 6.07) is 16.8. The normalized spacial score (nSPS) is 9.71. The minimum Gasteiger partial charge on any atom is -0.490 e. The number of carbonyl (C=O) groups is 1. The molecule has 0 fully saturated rings. The Morgan fingerprint density at radius 3 is 2.43 bits per heavy atom. The van der Waals surface area contributed by atoms with Crippen LogP contribution in [0.4, 0.5) is 11.4 Å². The molecule has 0 aromatic heterocycles. The van der Waals surface area contributed by atoms with E-state index in [-0.39, 0.29) is 12.5 Å². The van der Waals surface area contributed by atoms with Gasteiger partial charge in [0, 0.05) is 11.4 Å². The summed E-state index contributed by atoms with van der Waals surface area (Å²) in [7, 11) is 0. The molecule has 2 N–H and O–H groups in total. The van der Waals surface area contributed by atoms with Gasteiger partial charge in [0.25, 0.3) is 0 Å². The number of para-hydroxylation sites is 1. The van der Waals surface area contributed by atoms with Crippen LogP contribution in [0.3, 0.4) is 0 Å². The first-order valence-corrected chi connectivity index (χ1v) is 6.70. The van der Waals surface area contributed by atoms with Crippen LogP contribution in [-0.2, 0) is 4.79 Å². The first kappa shape index (κ1) is 14.7. The number of ether oxygens (including phenoxy) is 1. The predicted octanol–water partition coefficient (Wildman–Crippen LogP) is 3.30. The lowest BCUT2D eigenvalue weighted by Crippen LogP contribution is -2.21. The third kappa shape index (κ3) is 5.03. The highest BCUT2D eigenvalue weighted by molar-refractivity contribution is 5.93. The number of hydrogen-bond donors (Lipinski definition) is 2. The third-order valence-electron chi connectivity index (χ3n) is 2.73. The first-order chi connectivity index (χ1) is 10.3. The van der Waals surface area contributed by atoms with Crippen LogP contribution in [0.5, 0.6) is 5.75 Å². The zero-order chi connectivity index (χ0) is 14.9. The highest BCUT2D eigenvalue weighted by atomic mass is 16.5. The summed E-state index contributed by atoms with van der Waals surface area (Å²) in [5.74, 6) is 0.683. The Hall–Kier alpha value is -2.75. The van der Waals surface area contributed by atoms with Crippen LogP contribution < -0.4 is 15.4 Å². The number of benzene rings is 2. The van der Waals surface area contributed by atoms with Crippen LogP contribution in [0, 0.1) is 0 Å². The summed E-state index contributed by atoms with van der Waals surface area (Å²) >= 11 is 0. The van der Waals surface area contributed by atoms with Crippen LogP contribution >= 0.6 is 0 Å². The van der Waals surface area contributed by atoms with Crippen LogP contribution in [0.15, 0.2) is 67.3 Å². The maximum absolute atomic E-state index is 11.8. The highest BCUT2D eigenvalue weighted by Crippen LogP contribution is 2.15. The second-order valence-electron chi connectivity index (χ2n) is 4.39. The van der Waals surface area contributed by atoms with Gasteiger partial charge in [-0.15, -0.1) is 0 Å². The van der Waals surface area contributed by atoms with Crippen LogP contribution in [0.2, 0.25) is 0 Å². The summed E-state index contributed by atoms with van der Waals surface area (Å²) < 4.78 is 5.39. The van der Waals surface area contributed by atoms with Gasteiger partial charge in [-0.05, 0) is 36.4 Å². The smallest absolute Gasteiger partial charge is 0.243 e. The van der Waals surface area contributed by atoms with Gasteiger partial charge in [0.05, 0.1) is 6.54 Å². The Morgan fingerprint density at radius 2 is 1.76 bits per heavy atom. The van der Waals surface area contributed by atoms with Gasteiger partial charge in [0.2, 0.25) is 5.91 Å². The predicted molar refractivity (Wildman–Crippen MR) is 85.7 cm³/mol. The average Bonchev–Trinajstić information content (AvgIpc) is 2.53. The van der Waals surface area contributed by atoms with E-state index in [9.17, 15) is 4.79 Å². The van der Waals surface area contributed by atoms with Gasteiger partial charge in [0.15, 0.2) is 0 Å².